The maximum absolute atomic E-state index is 13.2. The van der Waals surface area contributed by atoms with Crippen LogP contribution in [0.3, 0.4) is 0 Å². The lowest BCUT2D eigenvalue weighted by atomic mass is 9.87. The fraction of sp³-hybridized carbons (Fsp3) is 0.400. The van der Waals surface area contributed by atoms with Crippen LogP contribution in [0, 0.1) is 0 Å². The Morgan fingerprint density at radius 2 is 2.05 bits per heavy atom. The van der Waals surface area contributed by atoms with Crippen molar-refractivity contribution in [3.63, 3.8) is 0 Å². The summed E-state index contributed by atoms with van der Waals surface area (Å²) in [4.78, 5) is 29.6. The molecule has 1 aliphatic carbocycles. The van der Waals surface area contributed by atoms with E-state index in [1.54, 1.807) is 15.6 Å². The normalized spacial score (nSPS) is 15.8. The van der Waals surface area contributed by atoms with Gasteiger partial charge in [0.15, 0.2) is 11.5 Å². The minimum atomic E-state index is -0.150. The standard InChI is InChI=1S/C30H35N7O2/c1-4-6-7-8-16-39-26-11-9-10-25(33-26)37-27-23(28(38)36(37)5-2)18-31-29(34-27)32-22-12-13-24-21(17-22)19-35(3)20-30(24)14-15-30/h4,9-13,17-18H,1,5-8,14-16,19-20H2,2-3H3,(H,31,32,34). The Morgan fingerprint density at radius 3 is 2.85 bits per heavy atom. The summed E-state index contributed by atoms with van der Waals surface area (Å²) in [6.45, 7) is 8.80. The van der Waals surface area contributed by atoms with Crippen molar-refractivity contribution >= 4 is 22.7 Å². The number of ether oxygens (including phenoxy) is 1. The summed E-state index contributed by atoms with van der Waals surface area (Å²) < 4.78 is 9.27. The number of unbranched alkanes of at least 4 members (excludes halogenated alkanes) is 2. The van der Waals surface area contributed by atoms with E-state index in [9.17, 15) is 4.79 Å². The molecule has 39 heavy (non-hydrogen) atoms. The van der Waals surface area contributed by atoms with Crippen molar-refractivity contribution in [2.75, 3.05) is 25.5 Å². The zero-order chi connectivity index (χ0) is 27.0. The highest BCUT2D eigenvalue weighted by Crippen LogP contribution is 2.52. The Morgan fingerprint density at radius 1 is 1.18 bits per heavy atom. The van der Waals surface area contributed by atoms with Crippen LogP contribution in [0.5, 0.6) is 5.88 Å². The number of anilines is 2. The van der Waals surface area contributed by atoms with Gasteiger partial charge in [-0.1, -0.05) is 18.2 Å². The molecular weight excluding hydrogens is 490 g/mol. The maximum atomic E-state index is 13.2. The molecule has 0 radical (unpaired) electrons. The molecule has 1 spiro atoms. The molecule has 0 atom stereocenters. The summed E-state index contributed by atoms with van der Waals surface area (Å²) in [5.41, 5.74) is 4.46. The summed E-state index contributed by atoms with van der Waals surface area (Å²) in [5.74, 6) is 1.52. The molecule has 0 saturated heterocycles. The average Bonchev–Trinajstić information content (AvgIpc) is 3.63. The number of pyridine rings is 1. The van der Waals surface area contributed by atoms with Gasteiger partial charge >= 0.3 is 0 Å². The molecule has 0 bridgehead atoms. The topological polar surface area (TPSA) is 90.1 Å². The van der Waals surface area contributed by atoms with Crippen LogP contribution in [0.1, 0.15) is 50.2 Å². The monoisotopic (exact) mass is 525 g/mol. The predicted molar refractivity (Wildman–Crippen MR) is 153 cm³/mol. The van der Waals surface area contributed by atoms with E-state index in [1.807, 2.05) is 31.2 Å². The van der Waals surface area contributed by atoms with Crippen molar-refractivity contribution in [1.29, 1.82) is 0 Å². The number of allylic oxidation sites excluding steroid dienone is 1. The van der Waals surface area contributed by atoms with Gasteiger partial charge in [-0.25, -0.2) is 14.3 Å². The molecule has 4 heterocycles. The van der Waals surface area contributed by atoms with E-state index in [4.69, 9.17) is 14.7 Å². The zero-order valence-corrected chi connectivity index (χ0v) is 22.7. The molecule has 1 aromatic carbocycles. The number of rotatable bonds is 10. The first-order valence-electron chi connectivity index (χ1n) is 13.8. The third-order valence-corrected chi connectivity index (χ3v) is 7.75. The third kappa shape index (κ3) is 4.83. The van der Waals surface area contributed by atoms with E-state index in [0.717, 1.165) is 38.0 Å². The van der Waals surface area contributed by atoms with Crippen LogP contribution in [-0.4, -0.2) is 49.4 Å². The second kappa shape index (κ2) is 10.3. The number of fused-ring (bicyclic) bond motifs is 3. The summed E-state index contributed by atoms with van der Waals surface area (Å²) in [7, 11) is 2.19. The molecule has 9 nitrogen and oxygen atoms in total. The molecule has 4 aromatic rings. The Balaban J connectivity index is 1.31. The minimum absolute atomic E-state index is 0.150. The van der Waals surface area contributed by atoms with Gasteiger partial charge in [0.25, 0.3) is 5.56 Å². The first kappa shape index (κ1) is 25.3. The molecule has 3 aromatic heterocycles. The Labute approximate surface area is 228 Å². The smallest absolute Gasteiger partial charge is 0.278 e. The summed E-state index contributed by atoms with van der Waals surface area (Å²) in [6.07, 6.45) is 8.95. The highest BCUT2D eigenvalue weighted by atomic mass is 16.5. The van der Waals surface area contributed by atoms with Crippen molar-refractivity contribution in [3.8, 4) is 11.7 Å². The van der Waals surface area contributed by atoms with Gasteiger partial charge in [-0.3, -0.25) is 4.79 Å². The lowest BCUT2D eigenvalue weighted by molar-refractivity contribution is 0.271. The van der Waals surface area contributed by atoms with Gasteiger partial charge < -0.3 is 15.0 Å². The average molecular weight is 526 g/mol. The molecule has 0 amide bonds. The van der Waals surface area contributed by atoms with Crippen LogP contribution in [0.4, 0.5) is 11.6 Å². The molecule has 202 valence electrons. The molecular formula is C30H35N7O2. The SMILES string of the molecule is C=CCCCCOc1cccc(-n2c3nc(Nc4ccc5c(c4)CN(C)CC54CC4)ncc3c(=O)n2CC)n1. The van der Waals surface area contributed by atoms with Crippen LogP contribution in [0.15, 0.2) is 60.0 Å². The largest absolute Gasteiger partial charge is 0.478 e. The molecule has 1 fully saturated rings. The third-order valence-electron chi connectivity index (χ3n) is 7.75. The van der Waals surface area contributed by atoms with Crippen LogP contribution < -0.4 is 15.6 Å². The number of aromatic nitrogens is 5. The molecule has 1 N–H and O–H groups in total. The van der Waals surface area contributed by atoms with E-state index >= 15 is 0 Å². The van der Waals surface area contributed by atoms with Crippen molar-refractivity contribution < 1.29 is 4.74 Å². The van der Waals surface area contributed by atoms with Gasteiger partial charge in [0.1, 0.15) is 5.39 Å². The number of benzene rings is 1. The Kier molecular flexibility index (Phi) is 6.68. The van der Waals surface area contributed by atoms with Crippen molar-refractivity contribution in [2.45, 2.75) is 57.5 Å². The first-order chi connectivity index (χ1) is 19.0. The predicted octanol–water partition coefficient (Wildman–Crippen LogP) is 4.95. The molecule has 0 unspecified atom stereocenters. The maximum Gasteiger partial charge on any atom is 0.278 e. The Hall–Kier alpha value is -3.98. The molecule has 2 aliphatic rings. The van der Waals surface area contributed by atoms with E-state index < -0.39 is 0 Å². The summed E-state index contributed by atoms with van der Waals surface area (Å²) in [6, 6.07) is 12.2. The number of likely N-dealkylation sites (N-methyl/N-ethyl adjacent to an activating group) is 1. The quantitative estimate of drug-likeness (QED) is 0.231. The molecule has 6 rings (SSSR count). The zero-order valence-electron chi connectivity index (χ0n) is 22.7. The first-order valence-corrected chi connectivity index (χ1v) is 13.8. The lowest BCUT2D eigenvalue weighted by Gasteiger charge is -2.32. The fourth-order valence-electron chi connectivity index (χ4n) is 5.75. The lowest BCUT2D eigenvalue weighted by Crippen LogP contribution is -2.35. The molecule has 9 heteroatoms. The van der Waals surface area contributed by atoms with Gasteiger partial charge in [-0.2, -0.15) is 9.97 Å². The highest BCUT2D eigenvalue weighted by Gasteiger charge is 2.48. The van der Waals surface area contributed by atoms with Crippen LogP contribution >= 0.6 is 0 Å². The van der Waals surface area contributed by atoms with Gasteiger partial charge in [-0.05, 0) is 75.4 Å². The number of hydrogen-bond acceptors (Lipinski definition) is 7. The van der Waals surface area contributed by atoms with E-state index in [0.29, 0.717) is 47.2 Å². The second-order valence-electron chi connectivity index (χ2n) is 10.7. The van der Waals surface area contributed by atoms with Gasteiger partial charge in [0.05, 0.1) is 6.61 Å². The highest BCUT2D eigenvalue weighted by molar-refractivity contribution is 5.77. The van der Waals surface area contributed by atoms with Crippen LogP contribution in [-0.2, 0) is 18.5 Å². The fourth-order valence-corrected chi connectivity index (χ4v) is 5.75. The summed E-state index contributed by atoms with van der Waals surface area (Å²) in [5, 5.41) is 3.82. The van der Waals surface area contributed by atoms with Crippen molar-refractivity contribution in [2.24, 2.45) is 0 Å². The second-order valence-corrected chi connectivity index (χ2v) is 10.7. The van der Waals surface area contributed by atoms with E-state index in [2.05, 4.69) is 47.0 Å². The van der Waals surface area contributed by atoms with Crippen molar-refractivity contribution in [3.05, 3.63) is 76.7 Å². The Bertz CT molecular complexity index is 1580. The van der Waals surface area contributed by atoms with Gasteiger partial charge in [0, 0.05) is 43.0 Å². The molecule has 1 aliphatic heterocycles. The van der Waals surface area contributed by atoms with Crippen molar-refractivity contribution in [1.82, 2.24) is 29.2 Å². The summed E-state index contributed by atoms with van der Waals surface area (Å²) >= 11 is 0. The molecule has 1 saturated carbocycles. The minimum Gasteiger partial charge on any atom is -0.478 e. The van der Waals surface area contributed by atoms with Crippen LogP contribution in [0.25, 0.3) is 16.9 Å². The van der Waals surface area contributed by atoms with E-state index in [-0.39, 0.29) is 5.56 Å². The number of nitrogens with zero attached hydrogens (tertiary/aromatic N) is 6. The van der Waals surface area contributed by atoms with Gasteiger partial charge in [0.2, 0.25) is 11.8 Å². The number of nitrogens with one attached hydrogen (secondary N) is 1. The van der Waals surface area contributed by atoms with E-state index in [1.165, 1.54) is 24.0 Å². The van der Waals surface area contributed by atoms with Crippen LogP contribution in [0.2, 0.25) is 0 Å². The van der Waals surface area contributed by atoms with Gasteiger partial charge in [-0.15, -0.1) is 6.58 Å². The number of hydrogen-bond donors (Lipinski definition) is 1.